The Hall–Kier alpha value is -2.95. The lowest BCUT2D eigenvalue weighted by Gasteiger charge is -2.08. The van der Waals surface area contributed by atoms with E-state index in [1.165, 1.54) is 15.8 Å². The van der Waals surface area contributed by atoms with Crippen LogP contribution in [0.25, 0.3) is 5.69 Å². The molecule has 1 heterocycles. The number of fused-ring (bicyclic) bond motifs is 1. The Balaban J connectivity index is 1.77. The number of benzene rings is 2. The highest BCUT2D eigenvalue weighted by Crippen LogP contribution is 2.34. The molecule has 4 rings (SSSR count). The number of nitrogens with zero attached hydrogens (tertiary/aromatic N) is 3. The molecule has 0 spiro atoms. The summed E-state index contributed by atoms with van der Waals surface area (Å²) in [5.41, 5.74) is 3.97. The second kappa shape index (κ2) is 5.35. The number of aromatic carboxylic acids is 1. The summed E-state index contributed by atoms with van der Waals surface area (Å²) < 4.78 is 1.42. The first-order chi connectivity index (χ1) is 11.2. The molecule has 1 aliphatic rings. The molecule has 3 aromatic rings. The summed E-state index contributed by atoms with van der Waals surface area (Å²) in [5.74, 6) is -0.930. The Morgan fingerprint density at radius 2 is 1.61 bits per heavy atom. The van der Waals surface area contributed by atoms with E-state index in [9.17, 15) is 9.90 Å². The van der Waals surface area contributed by atoms with Gasteiger partial charge in [-0.1, -0.05) is 47.7 Å². The number of carbonyl (C=O) groups is 1. The Morgan fingerprint density at radius 1 is 1.00 bits per heavy atom. The van der Waals surface area contributed by atoms with Gasteiger partial charge < -0.3 is 5.11 Å². The number of rotatable bonds is 3. The maximum Gasteiger partial charge on any atom is 0.356 e. The van der Waals surface area contributed by atoms with Gasteiger partial charge in [0.15, 0.2) is 5.69 Å². The van der Waals surface area contributed by atoms with Crippen LogP contribution in [0.3, 0.4) is 0 Å². The number of para-hydroxylation sites is 1. The lowest BCUT2D eigenvalue weighted by atomic mass is 10.00. The highest BCUT2D eigenvalue weighted by Gasteiger charge is 2.31. The van der Waals surface area contributed by atoms with Crippen LogP contribution in [0.1, 0.15) is 33.2 Å². The molecule has 0 amide bonds. The van der Waals surface area contributed by atoms with Crippen LogP contribution in [0.4, 0.5) is 0 Å². The van der Waals surface area contributed by atoms with Gasteiger partial charge in [0.05, 0.1) is 5.69 Å². The van der Waals surface area contributed by atoms with Crippen molar-refractivity contribution in [2.24, 2.45) is 0 Å². The number of carboxylic acid groups (broad SMARTS) is 1. The molecule has 1 aliphatic carbocycles. The predicted molar refractivity (Wildman–Crippen MR) is 84.9 cm³/mol. The lowest BCUT2D eigenvalue weighted by Crippen LogP contribution is -2.12. The van der Waals surface area contributed by atoms with Gasteiger partial charge in [-0.05, 0) is 36.1 Å². The fourth-order valence-electron chi connectivity index (χ4n) is 3.27. The highest BCUT2D eigenvalue weighted by atomic mass is 16.4. The summed E-state index contributed by atoms with van der Waals surface area (Å²) in [6.07, 6.45) is 1.62. The predicted octanol–water partition coefficient (Wildman–Crippen LogP) is 2.85. The van der Waals surface area contributed by atoms with Gasteiger partial charge >= 0.3 is 5.97 Å². The molecule has 0 atom stereocenters. The van der Waals surface area contributed by atoms with Crippen LogP contribution in [0, 0.1) is 0 Å². The van der Waals surface area contributed by atoms with E-state index in [2.05, 4.69) is 22.4 Å². The van der Waals surface area contributed by atoms with Crippen LogP contribution in [0.15, 0.2) is 54.6 Å². The Kier molecular flexibility index (Phi) is 3.19. The van der Waals surface area contributed by atoms with Gasteiger partial charge in [0.1, 0.15) is 5.69 Å². The van der Waals surface area contributed by atoms with E-state index < -0.39 is 5.97 Å². The third-order valence-electron chi connectivity index (χ3n) is 4.34. The van der Waals surface area contributed by atoms with Crippen molar-refractivity contribution in [3.8, 4) is 5.69 Å². The third kappa shape index (κ3) is 2.30. The summed E-state index contributed by atoms with van der Waals surface area (Å²) in [5, 5.41) is 18.0. The summed E-state index contributed by atoms with van der Waals surface area (Å²) in [6.45, 7) is 0. The minimum atomic E-state index is -0.996. The fourth-order valence-corrected chi connectivity index (χ4v) is 3.27. The van der Waals surface area contributed by atoms with E-state index in [0.717, 1.165) is 12.8 Å². The average Bonchev–Trinajstić information content (AvgIpc) is 3.19. The number of aromatic nitrogens is 3. The molecule has 0 saturated heterocycles. The van der Waals surface area contributed by atoms with Gasteiger partial charge in [0.2, 0.25) is 0 Å². The molecule has 23 heavy (non-hydrogen) atoms. The standard InChI is InChI=1S/C18H15N3O2/c22-18(23)17-16(14-10-12-6-4-5-7-13(12)11-14)19-20-21(17)15-8-2-1-3-9-15/h1-9,14H,10-11H2,(H,22,23). The van der Waals surface area contributed by atoms with Crippen molar-refractivity contribution in [3.63, 3.8) is 0 Å². The zero-order valence-corrected chi connectivity index (χ0v) is 12.4. The molecule has 0 aliphatic heterocycles. The largest absolute Gasteiger partial charge is 0.476 e. The molecule has 0 saturated carbocycles. The molecular formula is C18H15N3O2. The van der Waals surface area contributed by atoms with Crippen molar-refractivity contribution in [1.82, 2.24) is 15.0 Å². The Morgan fingerprint density at radius 3 is 2.22 bits per heavy atom. The quantitative estimate of drug-likeness (QED) is 0.808. The van der Waals surface area contributed by atoms with E-state index in [1.54, 1.807) is 0 Å². The zero-order chi connectivity index (χ0) is 15.8. The Labute approximate surface area is 133 Å². The highest BCUT2D eigenvalue weighted by molar-refractivity contribution is 5.87. The molecule has 5 nitrogen and oxygen atoms in total. The first kappa shape index (κ1) is 13.7. The van der Waals surface area contributed by atoms with Crippen LogP contribution in [-0.2, 0) is 12.8 Å². The van der Waals surface area contributed by atoms with Crippen molar-refractivity contribution in [1.29, 1.82) is 0 Å². The maximum absolute atomic E-state index is 11.8. The minimum Gasteiger partial charge on any atom is -0.476 e. The van der Waals surface area contributed by atoms with Crippen LogP contribution in [0.2, 0.25) is 0 Å². The molecule has 1 aromatic heterocycles. The molecule has 0 radical (unpaired) electrons. The smallest absolute Gasteiger partial charge is 0.356 e. The molecule has 114 valence electrons. The van der Waals surface area contributed by atoms with Crippen molar-refractivity contribution in [2.45, 2.75) is 18.8 Å². The van der Waals surface area contributed by atoms with Gasteiger partial charge in [-0.25, -0.2) is 9.48 Å². The fraction of sp³-hybridized carbons (Fsp3) is 0.167. The molecule has 0 unspecified atom stereocenters. The summed E-state index contributed by atoms with van der Waals surface area (Å²) >= 11 is 0. The Bertz CT molecular complexity index is 846. The first-order valence-electron chi connectivity index (χ1n) is 7.55. The SMILES string of the molecule is O=C(O)c1c(C2Cc3ccccc3C2)nnn1-c1ccccc1. The van der Waals surface area contributed by atoms with Crippen LogP contribution in [0.5, 0.6) is 0 Å². The van der Waals surface area contributed by atoms with Gasteiger partial charge in [-0.2, -0.15) is 0 Å². The first-order valence-corrected chi connectivity index (χ1v) is 7.55. The normalized spacial score (nSPS) is 13.9. The lowest BCUT2D eigenvalue weighted by molar-refractivity contribution is 0.0685. The van der Waals surface area contributed by atoms with E-state index in [4.69, 9.17) is 0 Å². The third-order valence-corrected chi connectivity index (χ3v) is 4.34. The number of hydrogen-bond acceptors (Lipinski definition) is 3. The average molecular weight is 305 g/mol. The molecule has 5 heteroatoms. The van der Waals surface area contributed by atoms with Crippen molar-refractivity contribution in [3.05, 3.63) is 77.1 Å². The van der Waals surface area contributed by atoms with E-state index >= 15 is 0 Å². The second-order valence-electron chi connectivity index (χ2n) is 5.75. The second-order valence-corrected chi connectivity index (χ2v) is 5.75. The summed E-state index contributed by atoms with van der Waals surface area (Å²) in [7, 11) is 0. The molecule has 0 bridgehead atoms. The van der Waals surface area contributed by atoms with Gasteiger partial charge in [0, 0.05) is 5.92 Å². The van der Waals surface area contributed by atoms with Crippen LogP contribution < -0.4 is 0 Å². The molecule has 0 fully saturated rings. The molecule has 1 N–H and O–H groups in total. The van der Waals surface area contributed by atoms with E-state index in [-0.39, 0.29) is 11.6 Å². The minimum absolute atomic E-state index is 0.0657. The van der Waals surface area contributed by atoms with E-state index in [0.29, 0.717) is 11.4 Å². The zero-order valence-electron chi connectivity index (χ0n) is 12.4. The summed E-state index contributed by atoms with van der Waals surface area (Å²) in [4.78, 5) is 11.8. The van der Waals surface area contributed by atoms with Gasteiger partial charge in [-0.3, -0.25) is 0 Å². The number of hydrogen-bond donors (Lipinski definition) is 1. The van der Waals surface area contributed by atoms with Crippen LogP contribution >= 0.6 is 0 Å². The van der Waals surface area contributed by atoms with E-state index in [1.807, 2.05) is 42.5 Å². The van der Waals surface area contributed by atoms with Gasteiger partial charge in [0.25, 0.3) is 0 Å². The van der Waals surface area contributed by atoms with Crippen molar-refractivity contribution in [2.75, 3.05) is 0 Å². The topological polar surface area (TPSA) is 68.0 Å². The monoisotopic (exact) mass is 305 g/mol. The van der Waals surface area contributed by atoms with Crippen molar-refractivity contribution < 1.29 is 9.90 Å². The summed E-state index contributed by atoms with van der Waals surface area (Å²) in [6, 6.07) is 17.5. The molecular weight excluding hydrogens is 290 g/mol. The maximum atomic E-state index is 11.8. The van der Waals surface area contributed by atoms with Crippen molar-refractivity contribution >= 4 is 5.97 Å². The van der Waals surface area contributed by atoms with Gasteiger partial charge in [-0.15, -0.1) is 5.10 Å². The number of carboxylic acids is 1. The molecule has 2 aromatic carbocycles. The van der Waals surface area contributed by atoms with Crippen LogP contribution in [-0.4, -0.2) is 26.1 Å².